The van der Waals surface area contributed by atoms with Gasteiger partial charge in [-0.05, 0) is 178 Å². The summed E-state index contributed by atoms with van der Waals surface area (Å²) in [4.78, 5) is 28.5. The van der Waals surface area contributed by atoms with Crippen molar-refractivity contribution in [2.75, 3.05) is 0 Å². The Labute approximate surface area is 851 Å². The molecule has 0 unspecified atom stereocenters. The van der Waals surface area contributed by atoms with Gasteiger partial charge in [0.1, 0.15) is 8.07 Å². The second-order valence-corrected chi connectivity index (χ2v) is 64.0. The molecule has 3 aliphatic carbocycles. The summed E-state index contributed by atoms with van der Waals surface area (Å²) in [6.07, 6.45) is 26.3. The molecular weight excluding hydrogens is 2290 g/mol. The molecular formula is C119H112Ir3N6O2SSi5-6. The van der Waals surface area contributed by atoms with E-state index in [1.165, 1.54) is 138 Å². The third kappa shape index (κ3) is 20.6. The number of aromatic nitrogens is 6. The molecule has 23 rings (SSSR count). The molecule has 0 saturated carbocycles. The predicted octanol–water partition coefficient (Wildman–Crippen LogP) is 22.5. The van der Waals surface area contributed by atoms with E-state index in [9.17, 15) is 8.42 Å². The van der Waals surface area contributed by atoms with Crippen LogP contribution < -0.4 is 46.7 Å². The molecule has 136 heavy (non-hydrogen) atoms. The second-order valence-electron chi connectivity index (χ2n) is 38.9. The molecule has 17 heteroatoms. The molecule has 689 valence electrons. The van der Waals surface area contributed by atoms with Crippen molar-refractivity contribution < 1.29 is 68.7 Å². The van der Waals surface area contributed by atoms with Gasteiger partial charge in [-0.2, -0.15) is 0 Å². The molecule has 0 atom stereocenters. The van der Waals surface area contributed by atoms with E-state index >= 15 is 0 Å². The first-order valence-electron chi connectivity index (χ1n) is 47.0. The molecule has 8 nitrogen and oxygen atoms in total. The van der Waals surface area contributed by atoms with E-state index in [4.69, 9.17) is 15.0 Å². The summed E-state index contributed by atoms with van der Waals surface area (Å²) in [6, 6.07) is 122. The van der Waals surface area contributed by atoms with Crippen LogP contribution in [0.2, 0.25) is 72.0 Å². The first-order valence-corrected chi connectivity index (χ1v) is 64.0. The molecule has 0 N–H and O–H groups in total. The van der Waals surface area contributed by atoms with Crippen molar-refractivity contribution in [3.05, 3.63) is 404 Å². The van der Waals surface area contributed by atoms with Gasteiger partial charge in [-0.3, -0.25) is 0 Å². The minimum Gasteiger partial charge on any atom is -0.305 e. The number of hydrogen-bond donors (Lipinski definition) is 0. The fourth-order valence-corrected chi connectivity index (χ4v) is 35.1. The van der Waals surface area contributed by atoms with Crippen LogP contribution in [0.25, 0.3) is 101 Å². The zero-order valence-corrected chi connectivity index (χ0v) is 92.1. The van der Waals surface area contributed by atoms with Gasteiger partial charge in [-0.15, -0.1) is 189 Å². The summed E-state index contributed by atoms with van der Waals surface area (Å²) in [7, 11) is -11.8. The van der Waals surface area contributed by atoms with Crippen molar-refractivity contribution in [3.8, 4) is 101 Å². The SMILES string of the molecule is C[Si](C)(C)c1cnc(-c2[c-]cc3c(c2)-c2ccccc2S3(=O)=O)c2c1CCCC2.C[Si](C)(C)c1cnc(-c2[c-]cc3c(c2)-c2ccccc2[Si]3(C)C)c2c1CCCC2.C[Si](C)(C)c1cnc(-c2[c-]cc3c(c2)-c2ccccc2[Si]3(c2ccccc2)c2ccccc2)c2c1CCCC2.[Ir].[Ir].[Ir].[c-]1ccccc1-c1ccccn1.[c-]1ccccc1-c1ccccn1.[c-]1ccccc1-c1ccccn1. The topological polar surface area (TPSA) is 111 Å². The van der Waals surface area contributed by atoms with Crippen molar-refractivity contribution >= 4 is 96.9 Å². The molecule has 0 spiro atoms. The molecule has 3 aliphatic heterocycles. The molecule has 3 radical (unpaired) electrons. The Morgan fingerprint density at radius 3 is 0.985 bits per heavy atom. The maximum absolute atomic E-state index is 12.9. The van der Waals surface area contributed by atoms with Crippen molar-refractivity contribution in [3.63, 3.8) is 0 Å². The molecule has 9 heterocycles. The number of hydrogen-bond acceptors (Lipinski definition) is 8. The number of fused-ring (bicyclic) bond motifs is 12. The Morgan fingerprint density at radius 1 is 0.279 bits per heavy atom. The fourth-order valence-electron chi connectivity index (χ4n) is 20.5. The summed E-state index contributed by atoms with van der Waals surface area (Å²) in [5.41, 5.74) is 28.8. The van der Waals surface area contributed by atoms with Crippen LogP contribution in [0.15, 0.2) is 344 Å². The summed E-state index contributed by atoms with van der Waals surface area (Å²) >= 11 is 0. The van der Waals surface area contributed by atoms with E-state index in [0.29, 0.717) is 9.79 Å². The maximum Gasteiger partial charge on any atom is 0.173 e. The third-order valence-corrected chi connectivity index (χ3v) is 43.3. The Balaban J connectivity index is 0.000000131. The van der Waals surface area contributed by atoms with Crippen molar-refractivity contribution in [2.24, 2.45) is 0 Å². The van der Waals surface area contributed by atoms with Gasteiger partial charge in [0.15, 0.2) is 9.84 Å². The fraction of sp³-hybridized carbons (Fsp3) is 0.193. The summed E-state index contributed by atoms with van der Waals surface area (Å²) < 4.78 is 25.8. The first kappa shape index (κ1) is 99.8. The van der Waals surface area contributed by atoms with E-state index in [2.05, 4.69) is 275 Å². The van der Waals surface area contributed by atoms with Crippen LogP contribution in [0, 0.1) is 36.4 Å². The number of sulfone groups is 1. The largest absolute Gasteiger partial charge is 0.305 e. The molecule has 0 bridgehead atoms. The summed E-state index contributed by atoms with van der Waals surface area (Å²) in [5, 5.41) is 13.4. The molecule has 11 aromatic carbocycles. The third-order valence-electron chi connectivity index (χ3n) is 26.9. The van der Waals surface area contributed by atoms with Crippen LogP contribution in [0.1, 0.15) is 71.9 Å². The molecule has 17 aromatic rings. The number of nitrogens with zero attached hydrogens (tertiary/aromatic N) is 6. The zero-order valence-electron chi connectivity index (χ0n) is 79.1. The summed E-state index contributed by atoms with van der Waals surface area (Å²) in [6.45, 7) is 26.8. The molecule has 0 amide bonds. The monoisotopic (exact) mass is 2410 g/mol. The zero-order chi connectivity index (χ0) is 92.1. The van der Waals surface area contributed by atoms with E-state index in [1.807, 2.05) is 146 Å². The van der Waals surface area contributed by atoms with Crippen LogP contribution in [0.3, 0.4) is 0 Å². The number of benzene rings is 11. The van der Waals surface area contributed by atoms with Crippen LogP contribution in [0.4, 0.5) is 0 Å². The van der Waals surface area contributed by atoms with E-state index < -0.39 is 50.2 Å². The predicted molar refractivity (Wildman–Crippen MR) is 566 cm³/mol. The molecule has 0 fully saturated rings. The first-order chi connectivity index (χ1) is 64.5. The van der Waals surface area contributed by atoms with Crippen LogP contribution in [-0.4, -0.2) is 78.7 Å². The van der Waals surface area contributed by atoms with Gasteiger partial charge in [0, 0.05) is 97.5 Å². The van der Waals surface area contributed by atoms with Gasteiger partial charge in [-0.25, -0.2) is 8.42 Å². The van der Waals surface area contributed by atoms with Crippen LogP contribution >= 0.6 is 0 Å². The van der Waals surface area contributed by atoms with Gasteiger partial charge in [0.05, 0.1) is 37.2 Å². The number of rotatable bonds is 11. The average Bonchev–Trinajstić information content (AvgIpc) is 1.53. The standard InChI is InChI=1S/C36H34NSi2.C26H30NSi2.C24H24NO2SSi.3C11H8N.3Ir/c1-38(2,3)35-25-37-36(31-20-11-10-18-29(31)35)26-22-23-34-32(24-26)30-19-12-13-21-33(30)39(34,27-14-6-4-7-15-27)28-16-8-5-9-17-28;1-28(2,3)25-17-27-26(21-12-7-6-10-19(21)25)18-14-15-24-22(16-18)20-11-8-9-13-23(20)29(24,4)5;1-29(2,3)23-15-25-24(19-10-5-4-9-18(19)23)16-12-13-22-20(14-16)17-8-6-7-11-21(17)28(22,26)27;3*1-2-6-10(7-3-1)11-8-4-5-9-12-11;;;/h4-9,12-17,19,21,23-25H,10-11,18,20H2,1-3H3;8-9,11,13,15-17H,6-7,10,12H2,1-5H3;6-8,11,13-15H,4-5,9-10H2,1-3H3;3*1-6,8-9H;;;/q6*-1;;;. The van der Waals surface area contributed by atoms with E-state index in [0.717, 1.165) is 93.1 Å². The summed E-state index contributed by atoms with van der Waals surface area (Å²) in [5.74, 6) is 0. The smallest absolute Gasteiger partial charge is 0.173 e. The normalized spacial score (nSPS) is 14.1. The minimum absolute atomic E-state index is 0. The second kappa shape index (κ2) is 43.1. The van der Waals surface area contributed by atoms with Gasteiger partial charge in [0.2, 0.25) is 0 Å². The minimum atomic E-state index is -3.45. The molecule has 6 aromatic heterocycles. The van der Waals surface area contributed by atoms with Crippen molar-refractivity contribution in [1.29, 1.82) is 0 Å². The Bertz CT molecular complexity index is 6850. The maximum atomic E-state index is 12.9. The van der Waals surface area contributed by atoms with Gasteiger partial charge in [-0.1, -0.05) is 301 Å². The van der Waals surface area contributed by atoms with Gasteiger partial charge < -0.3 is 29.9 Å². The van der Waals surface area contributed by atoms with Gasteiger partial charge >= 0.3 is 0 Å². The Hall–Kier alpha value is -10.7. The van der Waals surface area contributed by atoms with Crippen molar-refractivity contribution in [2.45, 2.75) is 159 Å². The van der Waals surface area contributed by atoms with Crippen molar-refractivity contribution in [1.82, 2.24) is 29.9 Å². The Kier molecular flexibility index (Phi) is 31.6. The Morgan fingerprint density at radius 2 is 0.603 bits per heavy atom. The van der Waals surface area contributed by atoms with Crippen LogP contribution in [0.5, 0.6) is 0 Å². The quantitative estimate of drug-likeness (QED) is 0.0930. The van der Waals surface area contributed by atoms with E-state index in [1.54, 1.807) is 63.5 Å². The number of pyridine rings is 6. The van der Waals surface area contributed by atoms with Gasteiger partial charge in [0.25, 0.3) is 0 Å². The van der Waals surface area contributed by atoms with Crippen LogP contribution in [-0.2, 0) is 109 Å². The van der Waals surface area contributed by atoms with E-state index in [-0.39, 0.29) is 60.3 Å². The molecule has 0 saturated heterocycles. The molecule has 6 aliphatic rings. The average molecular weight is 2410 g/mol.